The third-order valence-corrected chi connectivity index (χ3v) is 4.38. The Morgan fingerprint density at radius 2 is 2.10 bits per heavy atom. The van der Waals surface area contributed by atoms with E-state index in [1.165, 1.54) is 12.8 Å². The minimum Gasteiger partial charge on any atom is -0.495 e. The molecule has 108 valence electrons. The highest BCUT2D eigenvalue weighted by Gasteiger charge is 2.37. The second-order valence-electron chi connectivity index (χ2n) is 5.55. The zero-order valence-electron chi connectivity index (χ0n) is 11.8. The number of amides is 1. The van der Waals surface area contributed by atoms with Crippen molar-refractivity contribution in [3.63, 3.8) is 0 Å². The highest BCUT2D eigenvalue weighted by Crippen LogP contribution is 2.36. The molecule has 1 heterocycles. The van der Waals surface area contributed by atoms with Crippen LogP contribution >= 0.6 is 11.6 Å². The molecule has 2 fully saturated rings. The van der Waals surface area contributed by atoms with E-state index in [1.54, 1.807) is 13.2 Å². The Labute approximate surface area is 124 Å². The first-order valence-electron chi connectivity index (χ1n) is 7.01. The van der Waals surface area contributed by atoms with Gasteiger partial charge in [-0.3, -0.25) is 4.79 Å². The number of carbonyl (C=O) groups excluding carboxylic acids is 1. The van der Waals surface area contributed by atoms with Gasteiger partial charge in [0.25, 0.3) is 0 Å². The lowest BCUT2D eigenvalue weighted by atomic mass is 10.2. The van der Waals surface area contributed by atoms with Crippen molar-refractivity contribution in [1.82, 2.24) is 5.32 Å². The summed E-state index contributed by atoms with van der Waals surface area (Å²) in [6.45, 7) is 2.66. The summed E-state index contributed by atoms with van der Waals surface area (Å²) in [4.78, 5) is 14.3. The fourth-order valence-corrected chi connectivity index (χ4v) is 2.78. The SMILES string of the molecule is COc1cc(Cl)c(C)cc1N1CCC(NC2CC2)C1=O. The van der Waals surface area contributed by atoms with Crippen molar-refractivity contribution in [2.75, 3.05) is 18.6 Å². The molecule has 1 amide bonds. The third-order valence-electron chi connectivity index (χ3n) is 3.97. The maximum Gasteiger partial charge on any atom is 0.244 e. The van der Waals surface area contributed by atoms with Gasteiger partial charge in [-0.05, 0) is 37.8 Å². The number of hydrogen-bond acceptors (Lipinski definition) is 3. The van der Waals surface area contributed by atoms with Crippen molar-refractivity contribution in [2.24, 2.45) is 0 Å². The second kappa shape index (κ2) is 5.26. The molecule has 20 heavy (non-hydrogen) atoms. The van der Waals surface area contributed by atoms with Crippen LogP contribution in [0.5, 0.6) is 5.75 Å². The Morgan fingerprint density at radius 1 is 1.35 bits per heavy atom. The van der Waals surface area contributed by atoms with E-state index in [1.807, 2.05) is 17.9 Å². The smallest absolute Gasteiger partial charge is 0.244 e. The number of nitrogens with zero attached hydrogens (tertiary/aromatic N) is 1. The minimum atomic E-state index is -0.0526. The van der Waals surface area contributed by atoms with Crippen LogP contribution in [-0.2, 0) is 4.79 Å². The standard InChI is InChI=1S/C15H19ClN2O2/c1-9-7-13(14(20-2)8-11(9)16)18-6-5-12(15(18)19)17-10-3-4-10/h7-8,10,12,17H,3-6H2,1-2H3. The van der Waals surface area contributed by atoms with Crippen molar-refractivity contribution in [2.45, 2.75) is 38.3 Å². The summed E-state index contributed by atoms with van der Waals surface area (Å²) in [6, 6.07) is 4.20. The molecule has 1 unspecified atom stereocenters. The van der Waals surface area contributed by atoms with Gasteiger partial charge in [0.05, 0.1) is 18.8 Å². The molecule has 1 aliphatic carbocycles. The van der Waals surface area contributed by atoms with Gasteiger partial charge in [-0.2, -0.15) is 0 Å². The molecule has 2 aliphatic rings. The number of rotatable bonds is 4. The molecule has 1 aliphatic heterocycles. The molecule has 1 saturated heterocycles. The van der Waals surface area contributed by atoms with Crippen LogP contribution in [0.2, 0.25) is 5.02 Å². The molecule has 1 saturated carbocycles. The van der Waals surface area contributed by atoms with E-state index in [0.717, 1.165) is 24.2 Å². The predicted molar refractivity (Wildman–Crippen MR) is 79.7 cm³/mol. The largest absolute Gasteiger partial charge is 0.495 e. The molecular formula is C15H19ClN2O2. The van der Waals surface area contributed by atoms with Gasteiger partial charge >= 0.3 is 0 Å². The molecule has 5 heteroatoms. The molecule has 1 N–H and O–H groups in total. The van der Waals surface area contributed by atoms with Gasteiger partial charge in [0.15, 0.2) is 0 Å². The van der Waals surface area contributed by atoms with Gasteiger partial charge in [-0.15, -0.1) is 0 Å². The lowest BCUT2D eigenvalue weighted by molar-refractivity contribution is -0.118. The topological polar surface area (TPSA) is 41.6 Å². The Hall–Kier alpha value is -1.26. The van der Waals surface area contributed by atoms with Gasteiger partial charge in [-0.25, -0.2) is 0 Å². The number of methoxy groups -OCH3 is 1. The summed E-state index contributed by atoms with van der Waals surface area (Å²) in [5.41, 5.74) is 1.77. The molecule has 1 aromatic carbocycles. The third kappa shape index (κ3) is 2.50. The van der Waals surface area contributed by atoms with E-state index < -0.39 is 0 Å². The molecule has 0 spiro atoms. The van der Waals surface area contributed by atoms with Gasteiger partial charge in [0, 0.05) is 23.7 Å². The molecule has 0 radical (unpaired) electrons. The van der Waals surface area contributed by atoms with Crippen molar-refractivity contribution >= 4 is 23.2 Å². The van der Waals surface area contributed by atoms with Gasteiger partial charge in [0.2, 0.25) is 5.91 Å². The lowest BCUT2D eigenvalue weighted by Gasteiger charge is -2.21. The predicted octanol–water partition coefficient (Wildman–Crippen LogP) is 2.51. The van der Waals surface area contributed by atoms with Crippen LogP contribution in [0.1, 0.15) is 24.8 Å². The first-order valence-corrected chi connectivity index (χ1v) is 7.39. The second-order valence-corrected chi connectivity index (χ2v) is 5.95. The number of carbonyl (C=O) groups is 1. The van der Waals surface area contributed by atoms with E-state index in [2.05, 4.69) is 5.32 Å². The van der Waals surface area contributed by atoms with E-state index in [-0.39, 0.29) is 11.9 Å². The molecule has 4 nitrogen and oxygen atoms in total. The number of ether oxygens (including phenoxy) is 1. The Morgan fingerprint density at radius 3 is 2.75 bits per heavy atom. The summed E-state index contributed by atoms with van der Waals surface area (Å²) < 4.78 is 5.37. The first kappa shape index (κ1) is 13.7. The highest BCUT2D eigenvalue weighted by atomic mass is 35.5. The normalized spacial score (nSPS) is 22.4. The summed E-state index contributed by atoms with van der Waals surface area (Å²) in [5.74, 6) is 0.790. The number of hydrogen-bond donors (Lipinski definition) is 1. The fraction of sp³-hybridized carbons (Fsp3) is 0.533. The first-order chi connectivity index (χ1) is 9.60. The molecular weight excluding hydrogens is 276 g/mol. The van der Waals surface area contributed by atoms with Gasteiger partial charge in [0.1, 0.15) is 5.75 Å². The monoisotopic (exact) mass is 294 g/mol. The fourth-order valence-electron chi connectivity index (χ4n) is 2.63. The zero-order chi connectivity index (χ0) is 14.3. The van der Waals surface area contributed by atoms with E-state index in [0.29, 0.717) is 16.8 Å². The summed E-state index contributed by atoms with van der Waals surface area (Å²) in [6.07, 6.45) is 3.22. The van der Waals surface area contributed by atoms with Crippen LogP contribution in [0.15, 0.2) is 12.1 Å². The molecule has 1 atom stereocenters. The molecule has 3 rings (SSSR count). The average molecular weight is 295 g/mol. The Balaban J connectivity index is 1.85. The maximum absolute atomic E-state index is 12.5. The minimum absolute atomic E-state index is 0.0526. The van der Waals surface area contributed by atoms with Crippen LogP contribution in [0, 0.1) is 6.92 Å². The number of anilines is 1. The molecule has 0 bridgehead atoms. The van der Waals surface area contributed by atoms with Crippen molar-refractivity contribution < 1.29 is 9.53 Å². The lowest BCUT2D eigenvalue weighted by Crippen LogP contribution is -2.39. The van der Waals surface area contributed by atoms with Crippen molar-refractivity contribution in [1.29, 1.82) is 0 Å². The average Bonchev–Trinajstić information content (AvgIpc) is 3.17. The van der Waals surface area contributed by atoms with Crippen LogP contribution < -0.4 is 15.0 Å². The van der Waals surface area contributed by atoms with Crippen molar-refractivity contribution in [3.05, 3.63) is 22.7 Å². The number of nitrogens with one attached hydrogen (secondary N) is 1. The number of halogens is 1. The van der Waals surface area contributed by atoms with Gasteiger partial charge < -0.3 is 15.0 Å². The van der Waals surface area contributed by atoms with Gasteiger partial charge in [-0.1, -0.05) is 11.6 Å². The zero-order valence-corrected chi connectivity index (χ0v) is 12.5. The quantitative estimate of drug-likeness (QED) is 0.928. The number of aryl methyl sites for hydroxylation is 1. The van der Waals surface area contributed by atoms with Crippen LogP contribution in [0.4, 0.5) is 5.69 Å². The van der Waals surface area contributed by atoms with E-state index in [9.17, 15) is 4.79 Å². The van der Waals surface area contributed by atoms with Crippen molar-refractivity contribution in [3.8, 4) is 5.75 Å². The van der Waals surface area contributed by atoms with Crippen LogP contribution in [-0.4, -0.2) is 31.6 Å². The molecule has 1 aromatic rings. The number of benzene rings is 1. The highest BCUT2D eigenvalue weighted by molar-refractivity contribution is 6.31. The summed E-state index contributed by atoms with van der Waals surface area (Å²) >= 11 is 6.12. The summed E-state index contributed by atoms with van der Waals surface area (Å²) in [5, 5.41) is 4.07. The Bertz CT molecular complexity index is 543. The molecule has 0 aromatic heterocycles. The maximum atomic E-state index is 12.5. The van der Waals surface area contributed by atoms with Crippen LogP contribution in [0.3, 0.4) is 0 Å². The van der Waals surface area contributed by atoms with E-state index in [4.69, 9.17) is 16.3 Å². The Kier molecular flexibility index (Phi) is 3.61. The van der Waals surface area contributed by atoms with Crippen LogP contribution in [0.25, 0.3) is 0 Å². The van der Waals surface area contributed by atoms with E-state index >= 15 is 0 Å². The summed E-state index contributed by atoms with van der Waals surface area (Å²) in [7, 11) is 1.60.